The number of hydrogen-bond acceptors (Lipinski definition) is 2. The van der Waals surface area contributed by atoms with Crippen LogP contribution in [-0.4, -0.2) is 17.0 Å². The summed E-state index contributed by atoms with van der Waals surface area (Å²) in [7, 11) is 0. The molecule has 0 aliphatic heterocycles. The van der Waals surface area contributed by atoms with Crippen molar-refractivity contribution in [2.75, 3.05) is 5.32 Å². The second-order valence-electron chi connectivity index (χ2n) is 3.81. The van der Waals surface area contributed by atoms with Crippen LogP contribution in [0.1, 0.15) is 24.8 Å². The summed E-state index contributed by atoms with van der Waals surface area (Å²) in [5.41, 5.74) is 1.60. The zero-order chi connectivity index (χ0) is 12.8. The molecule has 0 aromatic heterocycles. The highest BCUT2D eigenvalue weighted by Crippen LogP contribution is 2.20. The van der Waals surface area contributed by atoms with Crippen molar-refractivity contribution in [3.8, 4) is 0 Å². The van der Waals surface area contributed by atoms with Crippen LogP contribution in [0.4, 0.5) is 5.69 Å². The Kier molecular flexibility index (Phi) is 4.46. The lowest BCUT2D eigenvalue weighted by Crippen LogP contribution is -2.07. The van der Waals surface area contributed by atoms with E-state index in [0.29, 0.717) is 5.69 Å². The second-order valence-corrected chi connectivity index (χ2v) is 3.81. The number of carboxylic acid groups (broad SMARTS) is 1. The van der Waals surface area contributed by atoms with Crippen LogP contribution >= 0.6 is 0 Å². The van der Waals surface area contributed by atoms with Gasteiger partial charge in [-0.25, -0.2) is 0 Å². The number of rotatable bonds is 5. The third kappa shape index (κ3) is 4.10. The third-order valence-electron chi connectivity index (χ3n) is 2.41. The van der Waals surface area contributed by atoms with E-state index in [2.05, 4.69) is 11.9 Å². The summed E-state index contributed by atoms with van der Waals surface area (Å²) in [6, 6.07) is 7.11. The number of benzene rings is 1. The number of anilines is 1. The van der Waals surface area contributed by atoms with Crippen molar-refractivity contribution in [1.29, 1.82) is 0 Å². The van der Waals surface area contributed by atoms with E-state index < -0.39 is 5.97 Å². The zero-order valence-corrected chi connectivity index (χ0v) is 9.64. The fourth-order valence-electron chi connectivity index (χ4n) is 1.47. The normalized spacial score (nSPS) is 11.6. The van der Waals surface area contributed by atoms with Crippen molar-refractivity contribution in [2.45, 2.75) is 19.3 Å². The van der Waals surface area contributed by atoms with Gasteiger partial charge in [0, 0.05) is 5.69 Å². The predicted molar refractivity (Wildman–Crippen MR) is 65.9 cm³/mol. The number of carbonyl (C=O) groups is 2. The van der Waals surface area contributed by atoms with Crippen LogP contribution in [0.3, 0.4) is 0 Å². The van der Waals surface area contributed by atoms with Gasteiger partial charge in [0.15, 0.2) is 0 Å². The highest BCUT2D eigenvalue weighted by molar-refractivity contribution is 5.98. The van der Waals surface area contributed by atoms with Gasteiger partial charge >= 0.3 is 5.97 Å². The van der Waals surface area contributed by atoms with Gasteiger partial charge in [-0.05, 0) is 29.7 Å². The molecule has 0 radical (unpaired) electrons. The highest BCUT2D eigenvalue weighted by Gasteiger charge is 2.09. The Hall–Kier alpha value is -2.10. The van der Waals surface area contributed by atoms with Gasteiger partial charge in [-0.15, -0.1) is 0 Å². The lowest BCUT2D eigenvalue weighted by atomic mass is 9.98. The lowest BCUT2D eigenvalue weighted by molar-refractivity contribution is -0.137. The molecule has 4 nitrogen and oxygen atoms in total. The quantitative estimate of drug-likeness (QED) is 0.767. The van der Waals surface area contributed by atoms with Gasteiger partial charge in [0.1, 0.15) is 0 Å². The maximum atomic E-state index is 11.0. The standard InChI is InChI=1S/C13H15NO3/c1-3-12(15)14-11-6-4-10(5-7-11)9(2)8-13(16)17/h3-7,9H,1,8H2,2H3,(H,14,15)(H,16,17). The molecule has 0 heterocycles. The number of carbonyl (C=O) groups excluding carboxylic acids is 1. The first kappa shape index (κ1) is 13.0. The fourth-order valence-corrected chi connectivity index (χ4v) is 1.47. The van der Waals surface area contributed by atoms with Crippen molar-refractivity contribution < 1.29 is 14.7 Å². The molecular weight excluding hydrogens is 218 g/mol. The first-order valence-corrected chi connectivity index (χ1v) is 5.28. The SMILES string of the molecule is C=CC(=O)Nc1ccc(C(C)CC(=O)O)cc1. The first-order valence-electron chi connectivity index (χ1n) is 5.28. The van der Waals surface area contributed by atoms with E-state index in [1.165, 1.54) is 6.08 Å². The van der Waals surface area contributed by atoms with Crippen LogP contribution in [0, 0.1) is 0 Å². The fraction of sp³-hybridized carbons (Fsp3) is 0.231. The molecule has 0 fully saturated rings. The number of nitrogens with one attached hydrogen (secondary N) is 1. The minimum Gasteiger partial charge on any atom is -0.481 e. The summed E-state index contributed by atoms with van der Waals surface area (Å²) in [5, 5.41) is 11.3. The van der Waals surface area contributed by atoms with Gasteiger partial charge < -0.3 is 10.4 Å². The molecule has 1 rings (SSSR count). The predicted octanol–water partition coefficient (Wildman–Crippen LogP) is 2.39. The molecule has 4 heteroatoms. The molecule has 2 N–H and O–H groups in total. The summed E-state index contributed by atoms with van der Waals surface area (Å²) < 4.78 is 0. The van der Waals surface area contributed by atoms with Gasteiger partial charge in [0.25, 0.3) is 0 Å². The summed E-state index contributed by atoms with van der Waals surface area (Å²) in [4.78, 5) is 21.6. The Labute approximate surface area is 100.0 Å². The lowest BCUT2D eigenvalue weighted by Gasteiger charge is -2.10. The molecule has 1 unspecified atom stereocenters. The molecule has 0 aliphatic carbocycles. The molecule has 1 amide bonds. The number of carboxylic acids is 1. The monoisotopic (exact) mass is 233 g/mol. The van der Waals surface area contributed by atoms with Crippen LogP contribution in [0.15, 0.2) is 36.9 Å². The van der Waals surface area contributed by atoms with Gasteiger partial charge in [-0.1, -0.05) is 25.6 Å². The van der Waals surface area contributed by atoms with Crippen molar-refractivity contribution in [1.82, 2.24) is 0 Å². The molecular formula is C13H15NO3. The highest BCUT2D eigenvalue weighted by atomic mass is 16.4. The Morgan fingerprint density at radius 3 is 2.47 bits per heavy atom. The van der Waals surface area contributed by atoms with Crippen LogP contribution in [-0.2, 0) is 9.59 Å². The smallest absolute Gasteiger partial charge is 0.303 e. The van der Waals surface area contributed by atoms with Crippen LogP contribution in [0.2, 0.25) is 0 Å². The van der Waals surface area contributed by atoms with Crippen molar-refractivity contribution in [3.63, 3.8) is 0 Å². The van der Waals surface area contributed by atoms with Gasteiger partial charge in [-0.3, -0.25) is 9.59 Å². The summed E-state index contributed by atoms with van der Waals surface area (Å²) in [6.45, 7) is 5.21. The Morgan fingerprint density at radius 1 is 1.41 bits per heavy atom. The van der Waals surface area contributed by atoms with Gasteiger partial charge in [0.2, 0.25) is 5.91 Å². The van der Waals surface area contributed by atoms with Gasteiger partial charge in [-0.2, -0.15) is 0 Å². The van der Waals surface area contributed by atoms with E-state index >= 15 is 0 Å². The molecule has 0 saturated heterocycles. The largest absolute Gasteiger partial charge is 0.481 e. The molecule has 0 aliphatic rings. The average molecular weight is 233 g/mol. The molecule has 17 heavy (non-hydrogen) atoms. The van der Waals surface area contributed by atoms with E-state index in [1.807, 2.05) is 19.1 Å². The van der Waals surface area contributed by atoms with Crippen LogP contribution < -0.4 is 5.32 Å². The Morgan fingerprint density at radius 2 is 2.00 bits per heavy atom. The number of amides is 1. The average Bonchev–Trinajstić information content (AvgIpc) is 2.28. The Balaban J connectivity index is 2.70. The topological polar surface area (TPSA) is 66.4 Å². The van der Waals surface area contributed by atoms with Crippen molar-refractivity contribution in [3.05, 3.63) is 42.5 Å². The first-order chi connectivity index (χ1) is 8.02. The number of hydrogen-bond donors (Lipinski definition) is 2. The van der Waals surface area contributed by atoms with E-state index in [0.717, 1.165) is 5.56 Å². The minimum atomic E-state index is -0.818. The molecule has 1 aromatic carbocycles. The van der Waals surface area contributed by atoms with E-state index in [1.54, 1.807) is 12.1 Å². The minimum absolute atomic E-state index is 0.0448. The van der Waals surface area contributed by atoms with Crippen molar-refractivity contribution >= 4 is 17.6 Å². The number of aliphatic carboxylic acids is 1. The van der Waals surface area contributed by atoms with E-state index in [9.17, 15) is 9.59 Å². The van der Waals surface area contributed by atoms with Gasteiger partial charge in [0.05, 0.1) is 6.42 Å². The maximum absolute atomic E-state index is 11.0. The molecule has 0 spiro atoms. The Bertz CT molecular complexity index is 423. The summed E-state index contributed by atoms with van der Waals surface area (Å²) in [6.07, 6.45) is 1.29. The summed E-state index contributed by atoms with van der Waals surface area (Å²) in [5.74, 6) is -1.13. The molecule has 0 bridgehead atoms. The van der Waals surface area contributed by atoms with E-state index in [-0.39, 0.29) is 18.2 Å². The zero-order valence-electron chi connectivity index (χ0n) is 9.64. The molecule has 90 valence electrons. The molecule has 0 saturated carbocycles. The summed E-state index contributed by atoms with van der Waals surface area (Å²) >= 11 is 0. The molecule has 1 aromatic rings. The third-order valence-corrected chi connectivity index (χ3v) is 2.41. The van der Waals surface area contributed by atoms with Crippen LogP contribution in [0.5, 0.6) is 0 Å². The van der Waals surface area contributed by atoms with Crippen molar-refractivity contribution in [2.24, 2.45) is 0 Å². The molecule has 1 atom stereocenters. The maximum Gasteiger partial charge on any atom is 0.303 e. The van der Waals surface area contributed by atoms with E-state index in [4.69, 9.17) is 5.11 Å². The second kappa shape index (κ2) is 5.84. The van der Waals surface area contributed by atoms with Crippen LogP contribution in [0.25, 0.3) is 0 Å².